The SMILES string of the molecule is C.CC(=O)N[C@@H](C)C(=O)O. The van der Waals surface area contributed by atoms with Crippen molar-refractivity contribution in [3.05, 3.63) is 0 Å². The van der Waals surface area contributed by atoms with Crippen LogP contribution in [0, 0.1) is 0 Å². The minimum absolute atomic E-state index is 0. The number of rotatable bonds is 2. The van der Waals surface area contributed by atoms with E-state index in [1.54, 1.807) is 0 Å². The van der Waals surface area contributed by atoms with Crippen molar-refractivity contribution in [1.82, 2.24) is 5.32 Å². The number of carbonyl (C=O) groups excluding carboxylic acids is 1. The Morgan fingerprint density at radius 1 is 1.50 bits per heavy atom. The highest BCUT2D eigenvalue weighted by atomic mass is 16.4. The molecular formula is C6H13NO3. The number of hydrogen-bond donors (Lipinski definition) is 2. The molecule has 60 valence electrons. The lowest BCUT2D eigenvalue weighted by molar-refractivity contribution is -0.140. The minimum atomic E-state index is -1.02. The van der Waals surface area contributed by atoms with Crippen LogP contribution < -0.4 is 5.32 Å². The standard InChI is InChI=1S/C5H9NO3.CH4/c1-3(5(8)9)6-4(2)7;/h3H,1-2H3,(H,6,7)(H,8,9);1H4/t3-;/m0./s1. The molecule has 4 heteroatoms. The van der Waals surface area contributed by atoms with Gasteiger partial charge in [0, 0.05) is 6.92 Å². The molecule has 0 bridgehead atoms. The van der Waals surface area contributed by atoms with Crippen molar-refractivity contribution in [2.75, 3.05) is 0 Å². The van der Waals surface area contributed by atoms with Gasteiger partial charge >= 0.3 is 5.97 Å². The smallest absolute Gasteiger partial charge is 0.325 e. The first-order valence-electron chi connectivity index (χ1n) is 2.54. The Morgan fingerprint density at radius 2 is 1.90 bits per heavy atom. The summed E-state index contributed by atoms with van der Waals surface area (Å²) in [5.74, 6) is -1.35. The van der Waals surface area contributed by atoms with Crippen molar-refractivity contribution in [3.8, 4) is 0 Å². The first-order valence-corrected chi connectivity index (χ1v) is 2.54. The maximum atomic E-state index is 10.2. The van der Waals surface area contributed by atoms with E-state index >= 15 is 0 Å². The summed E-state index contributed by atoms with van der Waals surface area (Å²) in [6.07, 6.45) is 0. The molecular weight excluding hydrogens is 134 g/mol. The van der Waals surface area contributed by atoms with Gasteiger partial charge in [0.05, 0.1) is 0 Å². The molecule has 0 aliphatic heterocycles. The van der Waals surface area contributed by atoms with Crippen LogP contribution in [0.1, 0.15) is 21.3 Å². The van der Waals surface area contributed by atoms with Crippen molar-refractivity contribution in [3.63, 3.8) is 0 Å². The maximum absolute atomic E-state index is 10.2. The number of hydrogen-bond acceptors (Lipinski definition) is 2. The lowest BCUT2D eigenvalue weighted by Crippen LogP contribution is -2.36. The molecule has 0 aromatic heterocycles. The molecule has 0 rings (SSSR count). The summed E-state index contributed by atoms with van der Waals surface area (Å²) < 4.78 is 0. The van der Waals surface area contributed by atoms with E-state index in [1.165, 1.54) is 13.8 Å². The van der Waals surface area contributed by atoms with Crippen LogP contribution in [-0.4, -0.2) is 23.0 Å². The molecule has 0 aliphatic rings. The lowest BCUT2D eigenvalue weighted by atomic mass is 10.3. The molecule has 0 saturated heterocycles. The number of carboxylic acids is 1. The molecule has 0 aromatic carbocycles. The Bertz CT molecular complexity index is 133. The summed E-state index contributed by atoms with van der Waals surface area (Å²) in [5.41, 5.74) is 0. The minimum Gasteiger partial charge on any atom is -0.480 e. The molecule has 0 radical (unpaired) electrons. The molecule has 0 fully saturated rings. The Morgan fingerprint density at radius 3 is 2.00 bits per heavy atom. The van der Waals surface area contributed by atoms with E-state index in [4.69, 9.17) is 5.11 Å². The van der Waals surface area contributed by atoms with E-state index in [9.17, 15) is 9.59 Å². The molecule has 1 atom stereocenters. The molecule has 4 nitrogen and oxygen atoms in total. The summed E-state index contributed by atoms with van der Waals surface area (Å²) in [6.45, 7) is 2.68. The summed E-state index contributed by atoms with van der Waals surface area (Å²) in [6, 6.07) is -0.789. The van der Waals surface area contributed by atoms with Crippen LogP contribution in [0.25, 0.3) is 0 Å². The van der Waals surface area contributed by atoms with Crippen LogP contribution in [0.2, 0.25) is 0 Å². The fraction of sp³-hybridized carbons (Fsp3) is 0.667. The Kier molecular flexibility index (Phi) is 5.60. The van der Waals surface area contributed by atoms with E-state index in [-0.39, 0.29) is 13.3 Å². The quantitative estimate of drug-likeness (QED) is 0.587. The molecule has 0 unspecified atom stereocenters. The predicted molar refractivity (Wildman–Crippen MR) is 37.6 cm³/mol. The highest BCUT2D eigenvalue weighted by Gasteiger charge is 2.09. The molecule has 0 aromatic rings. The van der Waals surface area contributed by atoms with Gasteiger partial charge in [-0.15, -0.1) is 0 Å². The average molecular weight is 147 g/mol. The maximum Gasteiger partial charge on any atom is 0.325 e. The summed E-state index contributed by atoms with van der Waals surface area (Å²) >= 11 is 0. The normalized spacial score (nSPS) is 11.0. The summed E-state index contributed by atoms with van der Waals surface area (Å²) in [7, 11) is 0. The predicted octanol–water partition coefficient (Wildman–Crippen LogP) is 0.232. The second kappa shape index (κ2) is 4.78. The van der Waals surface area contributed by atoms with Crippen LogP contribution in [0.4, 0.5) is 0 Å². The highest BCUT2D eigenvalue weighted by Crippen LogP contribution is 1.78. The van der Waals surface area contributed by atoms with Crippen LogP contribution in [0.15, 0.2) is 0 Å². The van der Waals surface area contributed by atoms with Crippen molar-refractivity contribution in [2.24, 2.45) is 0 Å². The zero-order valence-corrected chi connectivity index (χ0v) is 5.34. The van der Waals surface area contributed by atoms with E-state index in [2.05, 4.69) is 5.32 Å². The van der Waals surface area contributed by atoms with Gasteiger partial charge in [0.25, 0.3) is 0 Å². The van der Waals surface area contributed by atoms with Gasteiger partial charge in [-0.3, -0.25) is 9.59 Å². The second-order valence-electron chi connectivity index (χ2n) is 1.76. The lowest BCUT2D eigenvalue weighted by Gasteiger charge is -2.04. The third-order valence-electron chi connectivity index (χ3n) is 0.790. The molecule has 1 amide bonds. The first-order chi connectivity index (χ1) is 4.04. The molecule has 0 heterocycles. The molecule has 0 aliphatic carbocycles. The van der Waals surface area contributed by atoms with Crippen molar-refractivity contribution < 1.29 is 14.7 Å². The van der Waals surface area contributed by atoms with Crippen LogP contribution in [-0.2, 0) is 9.59 Å². The van der Waals surface area contributed by atoms with Crippen molar-refractivity contribution in [2.45, 2.75) is 27.3 Å². The van der Waals surface area contributed by atoms with E-state index < -0.39 is 12.0 Å². The van der Waals surface area contributed by atoms with Gasteiger partial charge in [-0.25, -0.2) is 0 Å². The van der Waals surface area contributed by atoms with E-state index in [1.807, 2.05) is 0 Å². The Hall–Kier alpha value is -1.06. The number of aliphatic carboxylic acids is 1. The zero-order chi connectivity index (χ0) is 7.44. The average Bonchev–Trinajstić information content (AvgIpc) is 1.63. The third-order valence-corrected chi connectivity index (χ3v) is 0.790. The van der Waals surface area contributed by atoms with Crippen LogP contribution >= 0.6 is 0 Å². The van der Waals surface area contributed by atoms with Crippen LogP contribution in [0.3, 0.4) is 0 Å². The highest BCUT2D eigenvalue weighted by molar-refractivity contribution is 5.81. The van der Waals surface area contributed by atoms with Gasteiger partial charge in [0.1, 0.15) is 6.04 Å². The Balaban J connectivity index is 0. The Labute approximate surface area is 60.2 Å². The largest absolute Gasteiger partial charge is 0.480 e. The van der Waals surface area contributed by atoms with Gasteiger partial charge in [-0.1, -0.05) is 7.43 Å². The fourth-order valence-corrected chi connectivity index (χ4v) is 0.367. The summed E-state index contributed by atoms with van der Waals surface area (Å²) in [4.78, 5) is 20.2. The topological polar surface area (TPSA) is 66.4 Å². The number of nitrogens with one attached hydrogen (secondary N) is 1. The second-order valence-corrected chi connectivity index (χ2v) is 1.76. The van der Waals surface area contributed by atoms with Crippen molar-refractivity contribution >= 4 is 11.9 Å². The third kappa shape index (κ3) is 5.08. The van der Waals surface area contributed by atoms with E-state index in [0.717, 1.165) is 0 Å². The van der Waals surface area contributed by atoms with Gasteiger partial charge in [-0.2, -0.15) is 0 Å². The van der Waals surface area contributed by atoms with Crippen LogP contribution in [0.5, 0.6) is 0 Å². The first kappa shape index (κ1) is 11.7. The fourth-order valence-electron chi connectivity index (χ4n) is 0.367. The van der Waals surface area contributed by atoms with E-state index in [0.29, 0.717) is 0 Å². The number of amides is 1. The van der Waals surface area contributed by atoms with Gasteiger partial charge in [-0.05, 0) is 6.92 Å². The van der Waals surface area contributed by atoms with Crippen molar-refractivity contribution in [1.29, 1.82) is 0 Å². The van der Waals surface area contributed by atoms with Gasteiger partial charge in [0.2, 0.25) is 5.91 Å². The molecule has 2 N–H and O–H groups in total. The molecule has 10 heavy (non-hydrogen) atoms. The molecule has 0 spiro atoms. The monoisotopic (exact) mass is 147 g/mol. The number of carboxylic acid groups (broad SMARTS) is 1. The zero-order valence-electron chi connectivity index (χ0n) is 5.34. The van der Waals surface area contributed by atoms with Gasteiger partial charge in [0.15, 0.2) is 0 Å². The number of carbonyl (C=O) groups is 2. The molecule has 0 saturated carbocycles. The summed E-state index contributed by atoms with van der Waals surface area (Å²) in [5, 5.41) is 10.4. The van der Waals surface area contributed by atoms with Gasteiger partial charge < -0.3 is 10.4 Å².